The maximum Gasteiger partial charge on any atom is 0.255 e. The van der Waals surface area contributed by atoms with Crippen LogP contribution in [0, 0.1) is 25.5 Å². The van der Waals surface area contributed by atoms with Crippen molar-refractivity contribution >= 4 is 5.91 Å². The number of hydrogen-bond acceptors (Lipinski definition) is 3. The summed E-state index contributed by atoms with van der Waals surface area (Å²) in [5, 5.41) is 16.1. The molecular weight excluding hydrogens is 304 g/mol. The number of aromatic nitrogens is 2. The van der Waals surface area contributed by atoms with Crippen LogP contribution < -0.4 is 5.32 Å². The minimum Gasteiger partial charge on any atom is -0.393 e. The van der Waals surface area contributed by atoms with E-state index in [2.05, 4.69) is 10.4 Å². The SMILES string of the molecule is Cc1nn(-c2ccc(F)cc2F)c(C)c1C(=O)NCCC(C)O. The summed E-state index contributed by atoms with van der Waals surface area (Å²) in [7, 11) is 0. The fourth-order valence-electron chi connectivity index (χ4n) is 2.34. The largest absolute Gasteiger partial charge is 0.393 e. The lowest BCUT2D eigenvalue weighted by atomic mass is 10.1. The number of aliphatic hydroxyl groups excluding tert-OH is 1. The number of aliphatic hydroxyl groups is 1. The molecule has 0 bridgehead atoms. The number of rotatable bonds is 5. The number of amides is 1. The van der Waals surface area contributed by atoms with Gasteiger partial charge in [-0.05, 0) is 39.3 Å². The molecule has 7 heteroatoms. The molecule has 1 unspecified atom stereocenters. The minimum absolute atomic E-state index is 0.0787. The number of benzene rings is 1. The van der Waals surface area contributed by atoms with E-state index in [9.17, 15) is 18.7 Å². The molecule has 2 rings (SSSR count). The molecule has 23 heavy (non-hydrogen) atoms. The van der Waals surface area contributed by atoms with Crippen LogP contribution in [-0.4, -0.2) is 33.4 Å². The average Bonchev–Trinajstić information content (AvgIpc) is 2.73. The Morgan fingerprint density at radius 1 is 1.39 bits per heavy atom. The molecule has 1 heterocycles. The summed E-state index contributed by atoms with van der Waals surface area (Å²) in [5.74, 6) is -1.77. The minimum atomic E-state index is -0.753. The molecule has 1 amide bonds. The van der Waals surface area contributed by atoms with Gasteiger partial charge in [0.25, 0.3) is 5.91 Å². The predicted molar refractivity (Wildman–Crippen MR) is 81.6 cm³/mol. The van der Waals surface area contributed by atoms with E-state index >= 15 is 0 Å². The zero-order valence-electron chi connectivity index (χ0n) is 13.2. The number of hydrogen-bond donors (Lipinski definition) is 2. The molecule has 2 N–H and O–H groups in total. The second-order valence-corrected chi connectivity index (χ2v) is 5.45. The highest BCUT2D eigenvalue weighted by Crippen LogP contribution is 2.20. The van der Waals surface area contributed by atoms with Crippen LogP contribution in [0.4, 0.5) is 8.78 Å². The van der Waals surface area contributed by atoms with Crippen LogP contribution in [0.25, 0.3) is 5.69 Å². The van der Waals surface area contributed by atoms with Crippen LogP contribution in [0.5, 0.6) is 0 Å². The highest BCUT2D eigenvalue weighted by atomic mass is 19.1. The number of carbonyl (C=O) groups excluding carboxylic acids is 1. The van der Waals surface area contributed by atoms with Crippen molar-refractivity contribution in [3.8, 4) is 5.69 Å². The zero-order chi connectivity index (χ0) is 17.1. The number of halogens is 2. The van der Waals surface area contributed by atoms with Gasteiger partial charge in [0.1, 0.15) is 11.5 Å². The maximum atomic E-state index is 13.9. The smallest absolute Gasteiger partial charge is 0.255 e. The van der Waals surface area contributed by atoms with Crippen molar-refractivity contribution < 1.29 is 18.7 Å². The summed E-state index contributed by atoms with van der Waals surface area (Å²) in [6, 6.07) is 3.19. The van der Waals surface area contributed by atoms with Crippen LogP contribution >= 0.6 is 0 Å². The first kappa shape index (κ1) is 17.1. The molecule has 0 aliphatic heterocycles. The van der Waals surface area contributed by atoms with Crippen molar-refractivity contribution in [1.29, 1.82) is 0 Å². The molecule has 1 aromatic carbocycles. The van der Waals surface area contributed by atoms with E-state index in [1.54, 1.807) is 20.8 Å². The third-order valence-electron chi connectivity index (χ3n) is 3.50. The first-order valence-corrected chi connectivity index (χ1v) is 7.29. The molecule has 0 spiro atoms. The van der Waals surface area contributed by atoms with E-state index in [1.165, 1.54) is 10.7 Å². The molecule has 1 atom stereocenters. The standard InChI is InChI=1S/C16H19F2N3O2/c1-9(22)6-7-19-16(23)15-10(2)20-21(11(15)3)14-5-4-12(17)8-13(14)18/h4-5,8-9,22H,6-7H2,1-3H3,(H,19,23). The summed E-state index contributed by atoms with van der Waals surface area (Å²) < 4.78 is 28.2. The van der Waals surface area contributed by atoms with Crippen LogP contribution in [0.2, 0.25) is 0 Å². The van der Waals surface area contributed by atoms with Gasteiger partial charge in [-0.25, -0.2) is 13.5 Å². The van der Waals surface area contributed by atoms with Gasteiger partial charge >= 0.3 is 0 Å². The molecule has 5 nitrogen and oxygen atoms in total. The second kappa shape index (κ2) is 6.87. The topological polar surface area (TPSA) is 67.2 Å². The molecule has 0 radical (unpaired) electrons. The molecule has 2 aromatic rings. The lowest BCUT2D eigenvalue weighted by Crippen LogP contribution is -2.27. The Bertz CT molecular complexity index is 726. The van der Waals surface area contributed by atoms with Crippen molar-refractivity contribution in [2.45, 2.75) is 33.3 Å². The number of nitrogens with zero attached hydrogens (tertiary/aromatic N) is 2. The third kappa shape index (κ3) is 3.73. The van der Waals surface area contributed by atoms with Crippen LogP contribution in [0.1, 0.15) is 35.1 Å². The summed E-state index contributed by atoms with van der Waals surface area (Å²) in [5.41, 5.74) is 1.33. The first-order valence-electron chi connectivity index (χ1n) is 7.29. The molecular formula is C16H19F2N3O2. The van der Waals surface area contributed by atoms with E-state index in [1.807, 2.05) is 0 Å². The van der Waals surface area contributed by atoms with Crippen LogP contribution in [0.3, 0.4) is 0 Å². The Balaban J connectivity index is 2.30. The Morgan fingerprint density at radius 2 is 2.09 bits per heavy atom. The molecule has 1 aromatic heterocycles. The van der Waals surface area contributed by atoms with Crippen molar-refractivity contribution in [2.24, 2.45) is 0 Å². The monoisotopic (exact) mass is 323 g/mol. The molecule has 0 aliphatic carbocycles. The van der Waals surface area contributed by atoms with Gasteiger partial charge in [-0.1, -0.05) is 0 Å². The lowest BCUT2D eigenvalue weighted by molar-refractivity contribution is 0.0944. The Morgan fingerprint density at radius 3 is 2.70 bits per heavy atom. The fourth-order valence-corrected chi connectivity index (χ4v) is 2.34. The Hall–Kier alpha value is -2.28. The summed E-state index contributed by atoms with van der Waals surface area (Å²) >= 11 is 0. The van der Waals surface area contributed by atoms with Crippen molar-refractivity contribution in [3.63, 3.8) is 0 Å². The van der Waals surface area contributed by atoms with Crippen molar-refractivity contribution in [3.05, 3.63) is 46.8 Å². The molecule has 0 saturated heterocycles. The Kier molecular flexibility index (Phi) is 5.10. The van der Waals surface area contributed by atoms with Crippen LogP contribution in [-0.2, 0) is 0 Å². The summed E-state index contributed by atoms with van der Waals surface area (Å²) in [6.45, 7) is 5.25. The van der Waals surface area contributed by atoms with Gasteiger partial charge in [0, 0.05) is 12.6 Å². The van der Waals surface area contributed by atoms with Gasteiger partial charge in [0.2, 0.25) is 0 Å². The highest BCUT2D eigenvalue weighted by molar-refractivity contribution is 5.96. The van der Waals surface area contributed by atoms with E-state index in [4.69, 9.17) is 0 Å². The van der Waals surface area contributed by atoms with E-state index in [0.29, 0.717) is 29.9 Å². The summed E-state index contributed by atoms with van der Waals surface area (Å²) in [6.07, 6.45) is -0.0709. The van der Waals surface area contributed by atoms with Gasteiger partial charge in [-0.3, -0.25) is 4.79 Å². The van der Waals surface area contributed by atoms with E-state index in [-0.39, 0.29) is 11.6 Å². The van der Waals surface area contributed by atoms with Crippen molar-refractivity contribution in [1.82, 2.24) is 15.1 Å². The highest BCUT2D eigenvalue weighted by Gasteiger charge is 2.20. The van der Waals surface area contributed by atoms with Gasteiger partial charge in [0.15, 0.2) is 5.82 Å². The van der Waals surface area contributed by atoms with Gasteiger partial charge < -0.3 is 10.4 Å². The summed E-state index contributed by atoms with van der Waals surface area (Å²) in [4.78, 5) is 12.3. The number of carbonyl (C=O) groups is 1. The lowest BCUT2D eigenvalue weighted by Gasteiger charge is -2.08. The Labute approximate surface area is 132 Å². The predicted octanol–water partition coefficient (Wildman–Crippen LogP) is 2.27. The number of nitrogens with one attached hydrogen (secondary N) is 1. The quantitative estimate of drug-likeness (QED) is 0.887. The van der Waals surface area contributed by atoms with E-state index < -0.39 is 17.7 Å². The average molecular weight is 323 g/mol. The molecule has 124 valence electrons. The maximum absolute atomic E-state index is 13.9. The van der Waals surface area contributed by atoms with Gasteiger partial charge in [-0.15, -0.1) is 0 Å². The third-order valence-corrected chi connectivity index (χ3v) is 3.50. The zero-order valence-corrected chi connectivity index (χ0v) is 13.2. The normalized spacial score (nSPS) is 12.3. The van der Waals surface area contributed by atoms with Gasteiger partial charge in [0.05, 0.1) is 23.1 Å². The van der Waals surface area contributed by atoms with Crippen molar-refractivity contribution in [2.75, 3.05) is 6.54 Å². The van der Waals surface area contributed by atoms with E-state index in [0.717, 1.165) is 12.1 Å². The second-order valence-electron chi connectivity index (χ2n) is 5.45. The van der Waals surface area contributed by atoms with Crippen LogP contribution in [0.15, 0.2) is 18.2 Å². The van der Waals surface area contributed by atoms with Gasteiger partial charge in [-0.2, -0.15) is 5.10 Å². The number of aryl methyl sites for hydroxylation is 1. The fraction of sp³-hybridized carbons (Fsp3) is 0.375. The molecule has 0 saturated carbocycles. The molecule has 0 aliphatic rings. The first-order chi connectivity index (χ1) is 10.8. The molecule has 0 fully saturated rings.